The summed E-state index contributed by atoms with van der Waals surface area (Å²) in [6.07, 6.45) is 11.5. The molecule has 0 radical (unpaired) electrons. The third-order valence-electron chi connectivity index (χ3n) is 8.52. The largest absolute Gasteiger partial charge is 0.390 e. The summed E-state index contributed by atoms with van der Waals surface area (Å²) in [5.74, 6) is 2.77. The van der Waals surface area contributed by atoms with Crippen molar-refractivity contribution in [2.24, 2.45) is 17.8 Å². The number of fused-ring (bicyclic) bond motifs is 1. The number of aliphatic hydroxyl groups is 1. The molecule has 4 heterocycles. The van der Waals surface area contributed by atoms with Crippen LogP contribution in [0.25, 0.3) is 22.4 Å². The normalized spacial score (nSPS) is 34.3. The van der Waals surface area contributed by atoms with Gasteiger partial charge in [-0.1, -0.05) is 5.16 Å². The van der Waals surface area contributed by atoms with Gasteiger partial charge in [0, 0.05) is 37.0 Å². The monoisotopic (exact) mass is 464 g/mol. The quantitative estimate of drug-likeness (QED) is 0.421. The number of pyridine rings is 1. The number of ether oxygens (including phenoxy) is 1. The summed E-state index contributed by atoms with van der Waals surface area (Å²) in [4.78, 5) is 12.5. The van der Waals surface area contributed by atoms with Crippen molar-refractivity contribution in [2.75, 3.05) is 18.5 Å². The van der Waals surface area contributed by atoms with Crippen molar-refractivity contribution in [3.05, 3.63) is 24.4 Å². The highest BCUT2D eigenvalue weighted by molar-refractivity contribution is 5.97. The number of rotatable bonds is 7. The number of H-pyrrole nitrogens is 1. The second-order valence-corrected chi connectivity index (χ2v) is 10.9. The molecule has 5 fully saturated rings. The van der Waals surface area contributed by atoms with Crippen LogP contribution in [0.3, 0.4) is 0 Å². The van der Waals surface area contributed by atoms with E-state index < -0.39 is 5.60 Å². The Morgan fingerprint density at radius 3 is 2.88 bits per heavy atom. The Labute approximate surface area is 198 Å². The number of aromatic amines is 1. The van der Waals surface area contributed by atoms with E-state index in [-0.39, 0.29) is 6.10 Å². The first-order valence-electron chi connectivity index (χ1n) is 12.7. The van der Waals surface area contributed by atoms with Crippen LogP contribution in [0.15, 0.2) is 23.0 Å². The van der Waals surface area contributed by atoms with E-state index in [9.17, 15) is 5.11 Å². The van der Waals surface area contributed by atoms with Crippen LogP contribution in [0.4, 0.5) is 5.69 Å². The minimum Gasteiger partial charge on any atom is -0.390 e. The standard InChI is InChI=1S/C25H32N6O3/c32-25-8-14-6-15(9-25)21(16(7-14)10-25)30-22-18-3-4-27-23(18)28-12-19(22)24-29-20(34-31-24)13-26-11-17-2-1-5-33-17/h3-4,12,14-17,21,26,32H,1-2,5-11,13H2,(H2,27,28,30)/t14?,15?,16?,17?,21-,25+. The molecule has 9 heteroatoms. The molecule has 3 aromatic heterocycles. The van der Waals surface area contributed by atoms with E-state index in [1.807, 2.05) is 12.4 Å². The van der Waals surface area contributed by atoms with Gasteiger partial charge in [-0.2, -0.15) is 4.98 Å². The summed E-state index contributed by atoms with van der Waals surface area (Å²) in [6, 6.07) is 2.40. The predicted molar refractivity (Wildman–Crippen MR) is 126 cm³/mol. The average Bonchev–Trinajstić information content (AvgIpc) is 3.57. The molecule has 1 saturated heterocycles. The van der Waals surface area contributed by atoms with Gasteiger partial charge in [-0.3, -0.25) is 0 Å². The van der Waals surface area contributed by atoms with Gasteiger partial charge in [-0.15, -0.1) is 0 Å². The van der Waals surface area contributed by atoms with E-state index in [0.29, 0.717) is 42.1 Å². The molecule has 4 aliphatic carbocycles. The van der Waals surface area contributed by atoms with Crippen LogP contribution >= 0.6 is 0 Å². The Morgan fingerprint density at radius 2 is 2.09 bits per heavy atom. The summed E-state index contributed by atoms with van der Waals surface area (Å²) >= 11 is 0. The smallest absolute Gasteiger partial charge is 0.240 e. The molecular weight excluding hydrogens is 432 g/mol. The second kappa shape index (κ2) is 8.03. The van der Waals surface area contributed by atoms with E-state index in [0.717, 1.165) is 67.5 Å². The zero-order valence-electron chi connectivity index (χ0n) is 19.3. The minimum atomic E-state index is -0.446. The first-order chi connectivity index (χ1) is 16.6. The first kappa shape index (κ1) is 20.8. The SMILES string of the molecule is O[C@]12CC3CC(C1)[C@H](Nc1c(-c4noc(CNCC5CCCO5)n4)cnc4[nH]ccc14)C(C3)C2. The fourth-order valence-corrected chi connectivity index (χ4v) is 7.30. The third-order valence-corrected chi connectivity index (χ3v) is 8.52. The molecule has 5 aliphatic rings. The number of anilines is 1. The van der Waals surface area contributed by atoms with Gasteiger partial charge in [0.05, 0.1) is 29.5 Å². The molecule has 0 spiro atoms. The second-order valence-electron chi connectivity index (χ2n) is 10.9. The molecule has 4 bridgehead atoms. The van der Waals surface area contributed by atoms with E-state index >= 15 is 0 Å². The molecule has 4 saturated carbocycles. The highest BCUT2D eigenvalue weighted by Gasteiger charge is 2.54. The van der Waals surface area contributed by atoms with Crippen molar-refractivity contribution in [1.82, 2.24) is 25.4 Å². The molecule has 1 aliphatic heterocycles. The number of hydrogen-bond acceptors (Lipinski definition) is 8. The van der Waals surface area contributed by atoms with Crippen molar-refractivity contribution in [2.45, 2.75) is 69.2 Å². The van der Waals surface area contributed by atoms with Gasteiger partial charge in [0.15, 0.2) is 0 Å². The van der Waals surface area contributed by atoms with E-state index in [2.05, 4.69) is 36.8 Å². The fraction of sp³-hybridized carbons (Fsp3) is 0.640. The summed E-state index contributed by atoms with van der Waals surface area (Å²) in [7, 11) is 0. The number of hydrogen-bond donors (Lipinski definition) is 4. The van der Waals surface area contributed by atoms with Crippen molar-refractivity contribution < 1.29 is 14.4 Å². The van der Waals surface area contributed by atoms with E-state index in [1.54, 1.807) is 0 Å². The molecule has 34 heavy (non-hydrogen) atoms. The average molecular weight is 465 g/mol. The Kier molecular flexibility index (Phi) is 4.93. The van der Waals surface area contributed by atoms with Crippen LogP contribution in [-0.2, 0) is 11.3 Å². The molecule has 0 aromatic carbocycles. The zero-order chi connectivity index (χ0) is 22.7. The highest BCUT2D eigenvalue weighted by atomic mass is 16.5. The maximum atomic E-state index is 11.0. The lowest BCUT2D eigenvalue weighted by Crippen LogP contribution is -2.59. The van der Waals surface area contributed by atoms with Crippen LogP contribution < -0.4 is 10.6 Å². The van der Waals surface area contributed by atoms with Gasteiger partial charge < -0.3 is 30.0 Å². The van der Waals surface area contributed by atoms with Crippen LogP contribution in [0.1, 0.15) is 50.8 Å². The molecule has 180 valence electrons. The molecule has 3 aromatic rings. The van der Waals surface area contributed by atoms with Crippen molar-refractivity contribution in [1.29, 1.82) is 0 Å². The Balaban J connectivity index is 1.15. The van der Waals surface area contributed by atoms with Crippen molar-refractivity contribution in [3.8, 4) is 11.4 Å². The third kappa shape index (κ3) is 3.61. The number of nitrogens with zero attached hydrogens (tertiary/aromatic N) is 3. The van der Waals surface area contributed by atoms with Crippen molar-refractivity contribution in [3.63, 3.8) is 0 Å². The van der Waals surface area contributed by atoms with Gasteiger partial charge in [0.25, 0.3) is 0 Å². The van der Waals surface area contributed by atoms with E-state index in [4.69, 9.17) is 9.26 Å². The summed E-state index contributed by atoms with van der Waals surface area (Å²) in [6.45, 7) is 2.16. The maximum Gasteiger partial charge on any atom is 0.240 e. The topological polar surface area (TPSA) is 121 Å². The summed E-state index contributed by atoms with van der Waals surface area (Å²) < 4.78 is 11.2. The molecular formula is C25H32N6O3. The van der Waals surface area contributed by atoms with Crippen LogP contribution in [0.5, 0.6) is 0 Å². The van der Waals surface area contributed by atoms with Gasteiger partial charge >= 0.3 is 0 Å². The Bertz CT molecular complexity index is 1170. The molecule has 9 nitrogen and oxygen atoms in total. The van der Waals surface area contributed by atoms with E-state index in [1.165, 1.54) is 12.8 Å². The maximum absolute atomic E-state index is 11.0. The van der Waals surface area contributed by atoms with Gasteiger partial charge in [-0.05, 0) is 68.8 Å². The first-order valence-corrected chi connectivity index (χ1v) is 12.7. The van der Waals surface area contributed by atoms with Crippen LogP contribution in [-0.4, -0.2) is 56.1 Å². The minimum absolute atomic E-state index is 0.275. The Morgan fingerprint density at radius 1 is 1.21 bits per heavy atom. The molecule has 0 amide bonds. The molecule has 3 unspecified atom stereocenters. The van der Waals surface area contributed by atoms with Crippen LogP contribution in [0.2, 0.25) is 0 Å². The Hall–Kier alpha value is -2.49. The van der Waals surface area contributed by atoms with Gasteiger partial charge in [0.2, 0.25) is 11.7 Å². The summed E-state index contributed by atoms with van der Waals surface area (Å²) in [5.41, 5.74) is 2.26. The molecule has 8 rings (SSSR count). The van der Waals surface area contributed by atoms with Crippen molar-refractivity contribution >= 4 is 16.7 Å². The lowest BCUT2D eigenvalue weighted by molar-refractivity contribution is -0.129. The zero-order valence-corrected chi connectivity index (χ0v) is 19.3. The predicted octanol–water partition coefficient (Wildman–Crippen LogP) is 3.23. The number of nitrogens with one attached hydrogen (secondary N) is 3. The van der Waals surface area contributed by atoms with Gasteiger partial charge in [0.1, 0.15) is 5.65 Å². The highest BCUT2D eigenvalue weighted by Crippen LogP contribution is 2.56. The molecule has 3 atom stereocenters. The molecule has 4 N–H and O–H groups in total. The lowest BCUT2D eigenvalue weighted by Gasteiger charge is -2.58. The lowest BCUT2D eigenvalue weighted by atomic mass is 9.52. The summed E-state index contributed by atoms with van der Waals surface area (Å²) in [5, 5.41) is 23.6. The number of aromatic nitrogens is 4. The van der Waals surface area contributed by atoms with Crippen LogP contribution in [0, 0.1) is 17.8 Å². The fourth-order valence-electron chi connectivity index (χ4n) is 7.30. The van der Waals surface area contributed by atoms with Gasteiger partial charge in [-0.25, -0.2) is 4.98 Å².